The molecule has 0 saturated carbocycles. The number of hydrogen-bond donors (Lipinski definition) is 4. The van der Waals surface area contributed by atoms with Crippen LogP contribution in [0.15, 0.2) is 89.6 Å². The number of carbonyl (C=O) groups excluding carboxylic acids is 2. The first-order valence-corrected chi connectivity index (χ1v) is 20.3. The highest BCUT2D eigenvalue weighted by atomic mass is 16.6. The summed E-state index contributed by atoms with van der Waals surface area (Å²) in [7, 11) is 3.87. The highest BCUT2D eigenvalue weighted by Crippen LogP contribution is 2.68. The molecule has 7 N–H and O–H groups in total. The number of carbonyl (C=O) groups is 2. The second-order valence-electron chi connectivity index (χ2n) is 16.4. The summed E-state index contributed by atoms with van der Waals surface area (Å²) in [6.07, 6.45) is 5.92. The highest BCUT2D eigenvalue weighted by Gasteiger charge is 2.70. The summed E-state index contributed by atoms with van der Waals surface area (Å²) in [5.41, 5.74) is 20.1. The molecule has 2 aliphatic carbocycles. The van der Waals surface area contributed by atoms with Gasteiger partial charge in [-0.2, -0.15) is 0 Å². The smallest absolute Gasteiger partial charge is 0.343 e. The fourth-order valence-corrected chi connectivity index (χ4v) is 10.1. The summed E-state index contributed by atoms with van der Waals surface area (Å²) < 4.78 is 31.0. The van der Waals surface area contributed by atoms with Gasteiger partial charge in [-0.25, -0.2) is 4.79 Å². The van der Waals surface area contributed by atoms with E-state index in [0.717, 1.165) is 47.9 Å². The van der Waals surface area contributed by atoms with Crippen molar-refractivity contribution in [1.82, 2.24) is 4.90 Å². The second-order valence-corrected chi connectivity index (χ2v) is 16.4. The minimum Gasteiger partial charge on any atom is -0.494 e. The maximum Gasteiger partial charge on any atom is 0.343 e. The van der Waals surface area contributed by atoms with Crippen molar-refractivity contribution in [3.05, 3.63) is 107 Å². The lowest BCUT2D eigenvalue weighted by atomic mass is 9.45. The van der Waals surface area contributed by atoms with E-state index in [0.29, 0.717) is 66.8 Å². The topological polar surface area (TPSA) is 198 Å². The molecule has 308 valence electrons. The molecule has 4 aromatic rings. The summed E-state index contributed by atoms with van der Waals surface area (Å²) in [4.78, 5) is 34.0. The number of benzene rings is 4. The average molecular weight is 801 g/mol. The molecule has 0 aromatic heterocycles. The van der Waals surface area contributed by atoms with Crippen LogP contribution in [0.4, 0.5) is 0 Å². The molecule has 1 saturated heterocycles. The molecule has 4 aliphatic rings. The van der Waals surface area contributed by atoms with Crippen LogP contribution in [-0.2, 0) is 27.8 Å². The lowest BCUT2D eigenvalue weighted by molar-refractivity contribution is -0.150. The average Bonchev–Trinajstić information content (AvgIpc) is 3.58. The molecular weight excluding hydrogens is 749 g/mol. The number of esters is 2. The molecule has 1 fully saturated rings. The predicted octanol–water partition coefficient (Wildman–Crippen LogP) is 5.78. The maximum absolute atomic E-state index is 14.2. The molecule has 1 unspecified atom stereocenters. The second kappa shape index (κ2) is 15.9. The Balaban J connectivity index is 0.949. The van der Waals surface area contributed by atoms with E-state index in [2.05, 4.69) is 36.0 Å². The number of nitrogens with one attached hydrogen (secondary N) is 1. The zero-order valence-electron chi connectivity index (χ0n) is 33.8. The van der Waals surface area contributed by atoms with Crippen LogP contribution in [-0.4, -0.2) is 74.6 Å². The Labute approximate surface area is 344 Å². The van der Waals surface area contributed by atoms with Crippen molar-refractivity contribution < 1.29 is 33.3 Å². The highest BCUT2D eigenvalue weighted by molar-refractivity contribution is 5.98. The van der Waals surface area contributed by atoms with Crippen LogP contribution in [0.25, 0.3) is 10.8 Å². The maximum atomic E-state index is 14.2. The van der Waals surface area contributed by atoms with Crippen molar-refractivity contribution in [3.63, 3.8) is 0 Å². The van der Waals surface area contributed by atoms with Crippen molar-refractivity contribution in [3.8, 4) is 23.0 Å². The first kappa shape index (κ1) is 39.7. The number of likely N-dealkylation sites (tertiary alicyclic amines) is 1. The van der Waals surface area contributed by atoms with Gasteiger partial charge in [0, 0.05) is 35.4 Å². The van der Waals surface area contributed by atoms with E-state index in [1.165, 1.54) is 11.1 Å². The third kappa shape index (κ3) is 7.11. The fourth-order valence-electron chi connectivity index (χ4n) is 10.1. The molecule has 2 heterocycles. The van der Waals surface area contributed by atoms with Crippen LogP contribution in [0.1, 0.15) is 66.1 Å². The summed E-state index contributed by atoms with van der Waals surface area (Å²) >= 11 is 0. The van der Waals surface area contributed by atoms with E-state index in [-0.39, 0.29) is 35.2 Å². The van der Waals surface area contributed by atoms with E-state index in [1.54, 1.807) is 37.4 Å². The minimum atomic E-state index is -0.519. The van der Waals surface area contributed by atoms with Gasteiger partial charge in [0.15, 0.2) is 23.6 Å². The van der Waals surface area contributed by atoms with E-state index in [4.69, 9.17) is 46.3 Å². The number of amidine groups is 1. The molecular formula is C46H52N6O7. The lowest BCUT2D eigenvalue weighted by Gasteiger charge is -2.63. The lowest BCUT2D eigenvalue weighted by Crippen LogP contribution is -2.69. The molecule has 0 radical (unpaired) electrons. The molecule has 2 bridgehead atoms. The number of guanidine groups is 1. The summed E-state index contributed by atoms with van der Waals surface area (Å²) in [5.74, 6) is 1.65. The van der Waals surface area contributed by atoms with Gasteiger partial charge in [-0.05, 0) is 111 Å². The van der Waals surface area contributed by atoms with E-state index < -0.39 is 18.0 Å². The van der Waals surface area contributed by atoms with Gasteiger partial charge >= 0.3 is 11.9 Å². The Bertz CT molecular complexity index is 2360. The Morgan fingerprint density at radius 2 is 1.75 bits per heavy atom. The fraction of sp³-hybridized carbons (Fsp3) is 0.391. The van der Waals surface area contributed by atoms with Crippen LogP contribution in [0, 0.1) is 16.7 Å². The molecule has 59 heavy (non-hydrogen) atoms. The van der Waals surface area contributed by atoms with Gasteiger partial charge in [-0.1, -0.05) is 43.3 Å². The molecule has 13 nitrogen and oxygen atoms in total. The molecule has 2 aliphatic heterocycles. The molecule has 5 atom stereocenters. The standard InChI is InChI=1S/C46H52N6O7/c1-45-20-18-36(41-46(45)21-23-52(2)37(45)25-30-13-17-35(55-3)40(59-41)39(30)46)58-42(53)27(7-6-22-51-44(49)50)19-24-56-31-14-10-28(11-15-31)43(54)57-34-16-12-29(26-38(47)48)32-8-4-5-9-33(32)34/h4-5,8-18,27,37,41H,6-7,19-26H2,1-3H3,(H3,47,48)(H4,49,50,51)/t27?,37-,41+,45+,46+/m1/s1. The number of nitrogens with two attached hydrogens (primary N) is 3. The van der Waals surface area contributed by atoms with Crippen molar-refractivity contribution in [2.24, 2.45) is 33.5 Å². The van der Waals surface area contributed by atoms with Gasteiger partial charge in [-0.15, -0.1) is 0 Å². The van der Waals surface area contributed by atoms with Crippen molar-refractivity contribution in [1.29, 1.82) is 5.41 Å². The number of nitrogens with zero attached hydrogens (tertiary/aromatic N) is 2. The summed E-state index contributed by atoms with van der Waals surface area (Å²) in [5, 5.41) is 9.33. The van der Waals surface area contributed by atoms with Crippen molar-refractivity contribution in [2.45, 2.75) is 69.4 Å². The number of methoxy groups -OCH3 is 1. The monoisotopic (exact) mass is 800 g/mol. The predicted molar refractivity (Wildman–Crippen MR) is 225 cm³/mol. The largest absolute Gasteiger partial charge is 0.494 e. The number of rotatable bonds is 15. The number of hydrogen-bond acceptors (Lipinski definition) is 10. The van der Waals surface area contributed by atoms with Crippen LogP contribution in [0.5, 0.6) is 23.0 Å². The molecule has 0 amide bonds. The number of allylic oxidation sites excluding steroid dienone is 1. The Kier molecular flexibility index (Phi) is 10.7. The van der Waals surface area contributed by atoms with Crippen molar-refractivity contribution >= 4 is 34.5 Å². The van der Waals surface area contributed by atoms with Crippen LogP contribution in [0.3, 0.4) is 0 Å². The van der Waals surface area contributed by atoms with Gasteiger partial charge < -0.3 is 45.8 Å². The third-order valence-corrected chi connectivity index (χ3v) is 13.0. The zero-order valence-corrected chi connectivity index (χ0v) is 33.8. The SMILES string of the molecule is COc1ccc2c3c1O[C@H]1C(OC(=O)C(CCCN=C(N)N)CCOc4ccc(C(=O)Oc5ccc(CC(=N)N)c6ccccc56)cc4)=CC[C@@]4(C)[C@@H](C2)N(C)CC[C@]314. The Hall–Kier alpha value is -6.08. The number of likely N-dealkylation sites (N-methyl/N-ethyl adjacent to an activating group) is 1. The molecule has 4 aromatic carbocycles. The van der Waals surface area contributed by atoms with Crippen LogP contribution in [0.2, 0.25) is 0 Å². The zero-order chi connectivity index (χ0) is 41.5. The van der Waals surface area contributed by atoms with Gasteiger partial charge in [0.05, 0.1) is 36.4 Å². The first-order valence-electron chi connectivity index (χ1n) is 20.3. The van der Waals surface area contributed by atoms with Gasteiger partial charge in [0.2, 0.25) is 0 Å². The van der Waals surface area contributed by atoms with Crippen LogP contribution >= 0.6 is 0 Å². The summed E-state index contributed by atoms with van der Waals surface area (Å²) in [6, 6.07) is 22.3. The first-order chi connectivity index (χ1) is 28.4. The van der Waals surface area contributed by atoms with E-state index in [9.17, 15) is 9.59 Å². The minimum absolute atomic E-state index is 0.00189. The van der Waals surface area contributed by atoms with Crippen LogP contribution < -0.4 is 36.1 Å². The normalized spacial score (nSPS) is 22.9. The summed E-state index contributed by atoms with van der Waals surface area (Å²) in [6.45, 7) is 3.89. The Morgan fingerprint density at radius 3 is 2.49 bits per heavy atom. The number of piperidine rings is 1. The number of fused-ring (bicyclic) bond motifs is 1. The van der Waals surface area contributed by atoms with E-state index in [1.807, 2.05) is 36.4 Å². The molecule has 8 rings (SSSR count). The molecule has 13 heteroatoms. The van der Waals surface area contributed by atoms with Gasteiger partial charge in [0.1, 0.15) is 17.3 Å². The third-order valence-electron chi connectivity index (χ3n) is 13.0. The van der Waals surface area contributed by atoms with Gasteiger partial charge in [0.25, 0.3) is 0 Å². The molecule has 1 spiro atoms. The van der Waals surface area contributed by atoms with Gasteiger partial charge in [-0.3, -0.25) is 15.2 Å². The Morgan fingerprint density at radius 1 is 0.983 bits per heavy atom. The number of aliphatic imine (C=N–C) groups is 1. The van der Waals surface area contributed by atoms with Crippen molar-refractivity contribution in [2.75, 3.05) is 33.9 Å². The number of ether oxygens (including phenoxy) is 5. The van der Waals surface area contributed by atoms with E-state index >= 15 is 0 Å². The quantitative estimate of drug-likeness (QED) is 0.0374.